The van der Waals surface area contributed by atoms with Crippen molar-refractivity contribution in [3.8, 4) is 0 Å². The second-order valence-corrected chi connectivity index (χ2v) is 8.15. The van der Waals surface area contributed by atoms with E-state index in [1.54, 1.807) is 6.92 Å². The number of aliphatic hydroxyl groups is 1. The van der Waals surface area contributed by atoms with Gasteiger partial charge in [0.2, 0.25) is 0 Å². The van der Waals surface area contributed by atoms with Gasteiger partial charge in [-0.05, 0) is 6.92 Å². The standard InChI is InChI=1S/C12H16N5O6P.C6H6/c1-2-20-24(19)21-3-6-9(23-24)8(18)12(22-6)17-5-16-7-10(13)14-4-15-11(7)17;1-2-4-6-5-3-1/h4-6,8-9,12,18H,2-3H2,1H3,(H2,13,14,15);1-6H/t6-,8+,9+,12-,24+;/m0./s1. The lowest BCUT2D eigenvalue weighted by atomic mass is 10.1. The summed E-state index contributed by atoms with van der Waals surface area (Å²) in [7, 11) is -3.69. The predicted octanol–water partition coefficient (Wildman–Crippen LogP) is 1.91. The number of rotatable bonds is 3. The van der Waals surface area contributed by atoms with Crippen LogP contribution in [0.1, 0.15) is 13.2 Å². The fourth-order valence-corrected chi connectivity index (χ4v) is 4.63. The third-order valence-corrected chi connectivity index (χ3v) is 6.11. The smallest absolute Gasteiger partial charge is 0.386 e. The zero-order valence-corrected chi connectivity index (χ0v) is 17.0. The number of phosphoric ester groups is 1. The largest absolute Gasteiger partial charge is 0.475 e. The number of hydrogen-bond donors (Lipinski definition) is 2. The van der Waals surface area contributed by atoms with Crippen molar-refractivity contribution in [1.29, 1.82) is 0 Å². The first kappa shape index (κ1) is 20.9. The number of ether oxygens (including phenoxy) is 1. The molecule has 1 aromatic carbocycles. The molecule has 2 aliphatic rings. The second kappa shape index (κ2) is 8.76. The van der Waals surface area contributed by atoms with Gasteiger partial charge in [0.05, 0.1) is 19.5 Å². The molecule has 2 fully saturated rings. The van der Waals surface area contributed by atoms with Crippen LogP contribution >= 0.6 is 7.82 Å². The van der Waals surface area contributed by atoms with Gasteiger partial charge in [-0.25, -0.2) is 19.5 Å². The Hall–Kier alpha value is -2.40. The molecule has 12 heteroatoms. The van der Waals surface area contributed by atoms with E-state index in [0.29, 0.717) is 11.2 Å². The molecule has 0 bridgehead atoms. The molecule has 2 aliphatic heterocycles. The van der Waals surface area contributed by atoms with E-state index < -0.39 is 32.4 Å². The lowest BCUT2D eigenvalue weighted by Gasteiger charge is -2.30. The van der Waals surface area contributed by atoms with Gasteiger partial charge in [-0.1, -0.05) is 36.4 Å². The van der Waals surface area contributed by atoms with Crippen LogP contribution in [-0.4, -0.2) is 56.2 Å². The normalized spacial score (nSPS) is 30.5. The van der Waals surface area contributed by atoms with Gasteiger partial charge >= 0.3 is 7.82 Å². The number of benzene rings is 1. The highest BCUT2D eigenvalue weighted by atomic mass is 31.2. The van der Waals surface area contributed by atoms with E-state index >= 15 is 0 Å². The molecule has 2 saturated heterocycles. The Balaban J connectivity index is 0.000000313. The van der Waals surface area contributed by atoms with E-state index in [0.717, 1.165) is 0 Å². The number of aromatic nitrogens is 4. The lowest BCUT2D eigenvalue weighted by Crippen LogP contribution is -2.39. The van der Waals surface area contributed by atoms with Gasteiger partial charge in [0.25, 0.3) is 0 Å². The number of hydrogen-bond acceptors (Lipinski definition) is 10. The van der Waals surface area contributed by atoms with Crippen LogP contribution in [0.25, 0.3) is 11.2 Å². The number of fused-ring (bicyclic) bond motifs is 2. The van der Waals surface area contributed by atoms with Gasteiger partial charge in [0.15, 0.2) is 17.7 Å². The molecule has 0 aliphatic carbocycles. The van der Waals surface area contributed by atoms with E-state index in [9.17, 15) is 9.67 Å². The Labute approximate surface area is 172 Å². The summed E-state index contributed by atoms with van der Waals surface area (Å²) in [5, 5.41) is 10.6. The maximum atomic E-state index is 12.3. The van der Waals surface area contributed by atoms with E-state index in [1.807, 2.05) is 36.4 Å². The molecular weight excluding hydrogens is 413 g/mol. The van der Waals surface area contributed by atoms with Crippen molar-refractivity contribution < 1.29 is 28.0 Å². The molecule has 0 spiro atoms. The van der Waals surface area contributed by atoms with Crippen molar-refractivity contribution >= 4 is 24.8 Å². The van der Waals surface area contributed by atoms with Gasteiger partial charge in [-0.2, -0.15) is 0 Å². The Morgan fingerprint density at radius 2 is 1.93 bits per heavy atom. The van der Waals surface area contributed by atoms with Gasteiger partial charge in [-0.3, -0.25) is 18.1 Å². The number of nitrogen functional groups attached to an aromatic ring is 1. The van der Waals surface area contributed by atoms with Crippen LogP contribution in [0.15, 0.2) is 49.1 Å². The Morgan fingerprint density at radius 1 is 1.23 bits per heavy atom. The Kier molecular flexibility index (Phi) is 6.09. The summed E-state index contributed by atoms with van der Waals surface area (Å²) in [5.41, 5.74) is 6.58. The molecule has 0 unspecified atom stereocenters. The first-order chi connectivity index (χ1) is 14.5. The first-order valence-electron chi connectivity index (χ1n) is 9.36. The maximum absolute atomic E-state index is 12.3. The predicted molar refractivity (Wildman–Crippen MR) is 106 cm³/mol. The van der Waals surface area contributed by atoms with Gasteiger partial charge in [-0.15, -0.1) is 0 Å². The molecule has 11 nitrogen and oxygen atoms in total. The summed E-state index contributed by atoms with van der Waals surface area (Å²) >= 11 is 0. The highest BCUT2D eigenvalue weighted by Crippen LogP contribution is 2.56. The second-order valence-electron chi connectivity index (χ2n) is 6.52. The third kappa shape index (κ3) is 4.08. The molecule has 3 N–H and O–H groups in total. The highest BCUT2D eigenvalue weighted by Gasteiger charge is 2.53. The fourth-order valence-electron chi connectivity index (χ4n) is 3.22. The summed E-state index contributed by atoms with van der Waals surface area (Å²) < 4.78 is 35.1. The van der Waals surface area contributed by atoms with Crippen LogP contribution in [0.2, 0.25) is 0 Å². The minimum absolute atomic E-state index is 0.0146. The van der Waals surface area contributed by atoms with Crippen LogP contribution in [0, 0.1) is 0 Å². The van der Waals surface area contributed by atoms with Gasteiger partial charge in [0, 0.05) is 0 Å². The number of nitrogens with zero attached hydrogens (tertiary/aromatic N) is 4. The van der Waals surface area contributed by atoms with Crippen molar-refractivity contribution in [3.05, 3.63) is 49.1 Å². The molecule has 0 amide bonds. The molecule has 0 saturated carbocycles. The van der Waals surface area contributed by atoms with Crippen molar-refractivity contribution in [3.63, 3.8) is 0 Å². The van der Waals surface area contributed by atoms with Crippen LogP contribution in [0.3, 0.4) is 0 Å². The van der Waals surface area contributed by atoms with E-state index in [2.05, 4.69) is 15.0 Å². The summed E-state index contributed by atoms with van der Waals surface area (Å²) in [4.78, 5) is 12.1. The van der Waals surface area contributed by atoms with E-state index in [-0.39, 0.29) is 19.0 Å². The minimum atomic E-state index is -3.69. The molecule has 160 valence electrons. The Morgan fingerprint density at radius 3 is 2.60 bits per heavy atom. The summed E-state index contributed by atoms with van der Waals surface area (Å²) in [6, 6.07) is 12.0. The quantitative estimate of drug-likeness (QED) is 0.585. The zero-order chi connectivity index (χ0) is 21.1. The molecule has 5 atom stereocenters. The lowest BCUT2D eigenvalue weighted by molar-refractivity contribution is -0.0701. The van der Waals surface area contributed by atoms with Crippen molar-refractivity contribution in [2.24, 2.45) is 0 Å². The summed E-state index contributed by atoms with van der Waals surface area (Å²) in [6.45, 7) is 1.82. The average Bonchev–Trinajstić information content (AvgIpc) is 3.32. The van der Waals surface area contributed by atoms with Crippen molar-refractivity contribution in [2.45, 2.75) is 31.5 Å². The molecule has 0 radical (unpaired) electrons. The molecule has 3 aromatic rings. The molecule has 4 heterocycles. The number of nitrogens with two attached hydrogens (primary N) is 1. The third-order valence-electron chi connectivity index (χ3n) is 4.57. The van der Waals surface area contributed by atoms with Crippen LogP contribution in [-0.2, 0) is 22.9 Å². The number of imidazole rings is 1. The number of anilines is 1. The summed E-state index contributed by atoms with van der Waals surface area (Å²) in [6.07, 6.45) is -0.642. The molecular formula is C18H22N5O6P. The van der Waals surface area contributed by atoms with E-state index in [1.165, 1.54) is 17.2 Å². The topological polar surface area (TPSA) is 144 Å². The average molecular weight is 435 g/mol. The van der Waals surface area contributed by atoms with Gasteiger partial charge in [0.1, 0.15) is 30.2 Å². The number of aliphatic hydroxyl groups excluding tert-OH is 1. The SMILES string of the molecule is CCO[P@]1(=O)OC[C@@H]2O[C@H](n3cnc4c(N)ncnc43)[C@H](O)[C@@H]2O1.c1ccccc1. The molecule has 2 aromatic heterocycles. The van der Waals surface area contributed by atoms with Crippen LogP contribution in [0.5, 0.6) is 0 Å². The van der Waals surface area contributed by atoms with E-state index in [4.69, 9.17) is 24.0 Å². The first-order valence-corrected chi connectivity index (χ1v) is 10.8. The van der Waals surface area contributed by atoms with Gasteiger partial charge < -0.3 is 15.6 Å². The number of phosphoric acid groups is 1. The zero-order valence-electron chi connectivity index (χ0n) is 16.1. The molecule has 30 heavy (non-hydrogen) atoms. The van der Waals surface area contributed by atoms with Crippen molar-refractivity contribution in [2.75, 3.05) is 18.9 Å². The van der Waals surface area contributed by atoms with Crippen LogP contribution < -0.4 is 5.73 Å². The maximum Gasteiger partial charge on any atom is 0.475 e. The highest BCUT2D eigenvalue weighted by molar-refractivity contribution is 7.48. The monoisotopic (exact) mass is 435 g/mol. The fraction of sp³-hybridized carbons (Fsp3) is 0.389. The van der Waals surface area contributed by atoms with Crippen molar-refractivity contribution in [1.82, 2.24) is 19.5 Å². The molecule has 5 rings (SSSR count). The van der Waals surface area contributed by atoms with Crippen LogP contribution in [0.4, 0.5) is 5.82 Å². The summed E-state index contributed by atoms with van der Waals surface area (Å²) in [5.74, 6) is 0.226. The minimum Gasteiger partial charge on any atom is -0.386 e. The Bertz CT molecular complexity index is 1010.